The zero-order valence-corrected chi connectivity index (χ0v) is 10.8. The Morgan fingerprint density at radius 2 is 1.80 bits per heavy atom. The lowest BCUT2D eigenvalue weighted by Crippen LogP contribution is -1.86. The Morgan fingerprint density at radius 3 is 2.60 bits per heavy atom. The van der Waals surface area contributed by atoms with Gasteiger partial charge in [-0.2, -0.15) is 0 Å². The average Bonchev–Trinajstić information content (AvgIpc) is 2.49. The van der Waals surface area contributed by atoms with Gasteiger partial charge in [-0.3, -0.25) is 0 Å². The molecule has 4 nitrogen and oxygen atoms in total. The summed E-state index contributed by atoms with van der Waals surface area (Å²) >= 11 is 0. The van der Waals surface area contributed by atoms with Crippen molar-refractivity contribution in [3.63, 3.8) is 0 Å². The summed E-state index contributed by atoms with van der Waals surface area (Å²) in [5, 5.41) is 20.3. The second kappa shape index (κ2) is 4.74. The van der Waals surface area contributed by atoms with Gasteiger partial charge in [0.15, 0.2) is 11.5 Å². The summed E-state index contributed by atoms with van der Waals surface area (Å²) in [6, 6.07) is 14.5. The SMILES string of the molecule is COc1cc(-c2ccc3ccccc3[o+]2)cc(O)c1O. The lowest BCUT2D eigenvalue weighted by atomic mass is 10.1. The van der Waals surface area contributed by atoms with E-state index in [-0.39, 0.29) is 17.2 Å². The van der Waals surface area contributed by atoms with Gasteiger partial charge in [-0.1, -0.05) is 12.1 Å². The number of phenolic OH excluding ortho intramolecular Hbond substituents is 2. The highest BCUT2D eigenvalue weighted by atomic mass is 16.5. The number of phenols is 2. The Balaban J connectivity index is 2.17. The van der Waals surface area contributed by atoms with Crippen molar-refractivity contribution in [2.24, 2.45) is 0 Å². The first-order chi connectivity index (χ1) is 9.69. The van der Waals surface area contributed by atoms with Crippen LogP contribution in [0.5, 0.6) is 17.2 Å². The molecule has 3 aromatic rings. The van der Waals surface area contributed by atoms with Crippen LogP contribution in [0, 0.1) is 0 Å². The zero-order valence-electron chi connectivity index (χ0n) is 10.8. The van der Waals surface area contributed by atoms with Gasteiger partial charge in [0.1, 0.15) is 0 Å². The van der Waals surface area contributed by atoms with E-state index in [1.807, 2.05) is 36.4 Å². The van der Waals surface area contributed by atoms with E-state index in [9.17, 15) is 10.2 Å². The van der Waals surface area contributed by atoms with E-state index in [1.165, 1.54) is 13.2 Å². The molecule has 0 bridgehead atoms. The Hall–Kier alpha value is -2.75. The minimum absolute atomic E-state index is 0.198. The summed E-state index contributed by atoms with van der Waals surface area (Å²) in [5.41, 5.74) is 1.37. The second-order valence-electron chi connectivity index (χ2n) is 4.38. The van der Waals surface area contributed by atoms with Crippen molar-refractivity contribution in [3.8, 4) is 28.6 Å². The number of benzene rings is 2. The molecule has 1 aromatic heterocycles. The van der Waals surface area contributed by atoms with Crippen molar-refractivity contribution < 1.29 is 19.4 Å². The van der Waals surface area contributed by atoms with E-state index in [2.05, 4.69) is 0 Å². The van der Waals surface area contributed by atoms with Gasteiger partial charge in [-0.05, 0) is 12.1 Å². The van der Waals surface area contributed by atoms with Crippen LogP contribution < -0.4 is 4.74 Å². The van der Waals surface area contributed by atoms with Gasteiger partial charge in [0, 0.05) is 24.3 Å². The first-order valence-corrected chi connectivity index (χ1v) is 6.11. The van der Waals surface area contributed by atoms with Gasteiger partial charge in [0.05, 0.1) is 18.1 Å². The summed E-state index contributed by atoms with van der Waals surface area (Å²) in [7, 11) is 1.43. The van der Waals surface area contributed by atoms with Crippen molar-refractivity contribution in [3.05, 3.63) is 48.5 Å². The quantitative estimate of drug-likeness (QED) is 0.548. The number of hydrogen-bond acceptors (Lipinski definition) is 3. The number of methoxy groups -OCH3 is 1. The molecule has 0 saturated carbocycles. The molecule has 20 heavy (non-hydrogen) atoms. The number of ether oxygens (including phenoxy) is 1. The molecule has 1 heterocycles. The number of aromatic hydroxyl groups is 2. The maximum Gasteiger partial charge on any atom is 0.361 e. The highest BCUT2D eigenvalue weighted by Crippen LogP contribution is 2.39. The first kappa shape index (κ1) is 12.3. The summed E-state index contributed by atoms with van der Waals surface area (Å²) in [6.45, 7) is 0. The zero-order chi connectivity index (χ0) is 14.1. The van der Waals surface area contributed by atoms with Crippen LogP contribution in [-0.4, -0.2) is 17.3 Å². The van der Waals surface area contributed by atoms with Crippen LogP contribution in [-0.2, 0) is 0 Å². The Labute approximate surface area is 115 Å². The standard InChI is InChI=1S/C16H12O4/c1-19-15-9-11(8-12(17)16(15)18)14-7-6-10-4-2-3-5-13(10)20-14/h2-9H,1H3,(H-,17,18)/p+1. The van der Waals surface area contributed by atoms with Gasteiger partial charge >= 0.3 is 11.3 Å². The van der Waals surface area contributed by atoms with E-state index >= 15 is 0 Å². The van der Waals surface area contributed by atoms with Gasteiger partial charge in [-0.15, -0.1) is 0 Å². The predicted molar refractivity (Wildman–Crippen MR) is 75.9 cm³/mol. The highest BCUT2D eigenvalue weighted by Gasteiger charge is 2.18. The van der Waals surface area contributed by atoms with Crippen LogP contribution in [0.2, 0.25) is 0 Å². The van der Waals surface area contributed by atoms with Gasteiger partial charge < -0.3 is 14.9 Å². The summed E-state index contributed by atoms with van der Waals surface area (Å²) in [6.07, 6.45) is 0. The Morgan fingerprint density at radius 1 is 1.00 bits per heavy atom. The van der Waals surface area contributed by atoms with Gasteiger partial charge in [0.2, 0.25) is 5.75 Å². The topological polar surface area (TPSA) is 61.0 Å². The van der Waals surface area contributed by atoms with Crippen molar-refractivity contribution in [2.75, 3.05) is 7.11 Å². The number of fused-ring (bicyclic) bond motifs is 1. The number of hydrogen-bond donors (Lipinski definition) is 2. The molecule has 0 aliphatic heterocycles. The fraction of sp³-hybridized carbons (Fsp3) is 0.0625. The minimum atomic E-state index is -0.281. The molecule has 0 amide bonds. The van der Waals surface area contributed by atoms with E-state index in [1.54, 1.807) is 6.07 Å². The molecule has 0 radical (unpaired) electrons. The van der Waals surface area contributed by atoms with Crippen LogP contribution in [0.15, 0.2) is 52.9 Å². The van der Waals surface area contributed by atoms with E-state index in [0.29, 0.717) is 11.3 Å². The molecule has 100 valence electrons. The Kier molecular flexibility index (Phi) is 2.91. The lowest BCUT2D eigenvalue weighted by molar-refractivity contribution is 0.351. The molecule has 4 heteroatoms. The molecule has 0 atom stereocenters. The molecule has 0 saturated heterocycles. The molecule has 0 fully saturated rings. The van der Waals surface area contributed by atoms with Crippen LogP contribution in [0.3, 0.4) is 0 Å². The van der Waals surface area contributed by atoms with E-state index in [4.69, 9.17) is 9.15 Å². The lowest BCUT2D eigenvalue weighted by Gasteiger charge is -2.05. The van der Waals surface area contributed by atoms with E-state index < -0.39 is 0 Å². The monoisotopic (exact) mass is 269 g/mol. The molecule has 0 spiro atoms. The molecule has 3 rings (SSSR count). The highest BCUT2D eigenvalue weighted by molar-refractivity contribution is 5.79. The molecule has 0 unspecified atom stereocenters. The molecule has 0 aliphatic carbocycles. The molecule has 0 aliphatic rings. The second-order valence-corrected chi connectivity index (χ2v) is 4.38. The summed E-state index contributed by atoms with van der Waals surface area (Å²) < 4.78 is 10.8. The summed E-state index contributed by atoms with van der Waals surface area (Å²) in [4.78, 5) is 0. The third kappa shape index (κ3) is 2.01. The van der Waals surface area contributed by atoms with Crippen LogP contribution in [0.25, 0.3) is 22.3 Å². The number of para-hydroxylation sites is 1. The summed E-state index contributed by atoms with van der Waals surface area (Å²) in [5.74, 6) is 0.250. The third-order valence-corrected chi connectivity index (χ3v) is 3.11. The molecular weight excluding hydrogens is 256 g/mol. The van der Waals surface area contributed by atoms with Crippen LogP contribution in [0.4, 0.5) is 0 Å². The average molecular weight is 269 g/mol. The maximum atomic E-state index is 9.71. The predicted octanol–water partition coefficient (Wildman–Crippen LogP) is 3.80. The van der Waals surface area contributed by atoms with Crippen molar-refractivity contribution in [2.45, 2.75) is 0 Å². The molecule has 2 aromatic carbocycles. The maximum absolute atomic E-state index is 9.71. The van der Waals surface area contributed by atoms with Crippen molar-refractivity contribution in [1.82, 2.24) is 0 Å². The minimum Gasteiger partial charge on any atom is -0.504 e. The van der Waals surface area contributed by atoms with Crippen molar-refractivity contribution >= 4 is 11.0 Å². The fourth-order valence-corrected chi connectivity index (χ4v) is 2.08. The van der Waals surface area contributed by atoms with E-state index in [0.717, 1.165) is 11.0 Å². The molecule has 2 N–H and O–H groups in total. The first-order valence-electron chi connectivity index (χ1n) is 6.11. The number of rotatable bonds is 2. The third-order valence-electron chi connectivity index (χ3n) is 3.11. The molecular formula is C16H13O4+. The van der Waals surface area contributed by atoms with Gasteiger partial charge in [0.25, 0.3) is 0 Å². The van der Waals surface area contributed by atoms with Crippen LogP contribution in [0.1, 0.15) is 0 Å². The van der Waals surface area contributed by atoms with Crippen LogP contribution >= 0.6 is 0 Å². The normalized spacial score (nSPS) is 10.7. The largest absolute Gasteiger partial charge is 0.504 e. The van der Waals surface area contributed by atoms with Gasteiger partial charge in [-0.25, -0.2) is 4.42 Å². The Bertz CT molecular complexity index is 781. The smallest absolute Gasteiger partial charge is 0.361 e. The fourth-order valence-electron chi connectivity index (χ4n) is 2.08. The van der Waals surface area contributed by atoms with Crippen molar-refractivity contribution in [1.29, 1.82) is 0 Å².